The maximum absolute atomic E-state index is 6.21. The Balaban J connectivity index is 1.85. The van der Waals surface area contributed by atoms with Gasteiger partial charge in [0.25, 0.3) is 0 Å². The molecule has 1 heterocycles. The van der Waals surface area contributed by atoms with Crippen LogP contribution in [0.2, 0.25) is 0 Å². The van der Waals surface area contributed by atoms with E-state index in [9.17, 15) is 0 Å². The zero-order chi connectivity index (χ0) is 12.4. The van der Waals surface area contributed by atoms with Crippen molar-refractivity contribution in [2.45, 2.75) is 25.4 Å². The van der Waals surface area contributed by atoms with Gasteiger partial charge >= 0.3 is 0 Å². The zero-order valence-corrected chi connectivity index (χ0v) is 10.8. The third kappa shape index (κ3) is 2.34. The van der Waals surface area contributed by atoms with Crippen molar-refractivity contribution in [3.8, 4) is 5.75 Å². The number of rotatable bonds is 2. The van der Waals surface area contributed by atoms with Gasteiger partial charge in [-0.05, 0) is 55.8 Å². The molecule has 18 heavy (non-hydrogen) atoms. The first kappa shape index (κ1) is 11.5. The predicted molar refractivity (Wildman–Crippen MR) is 75.1 cm³/mol. The van der Waals surface area contributed by atoms with Crippen LogP contribution >= 0.6 is 0 Å². The Labute approximate surface area is 108 Å². The van der Waals surface area contributed by atoms with Crippen LogP contribution in [0.1, 0.15) is 19.8 Å². The maximum Gasteiger partial charge on any atom is 0.120 e. The molecule has 2 heteroatoms. The van der Waals surface area contributed by atoms with Crippen LogP contribution in [0, 0.1) is 0 Å². The van der Waals surface area contributed by atoms with E-state index in [1.165, 1.54) is 10.8 Å². The van der Waals surface area contributed by atoms with E-state index in [0.29, 0.717) is 0 Å². The maximum atomic E-state index is 6.21. The predicted octanol–water partition coefficient (Wildman–Crippen LogP) is 3.36. The Morgan fingerprint density at radius 1 is 1.00 bits per heavy atom. The average Bonchev–Trinajstić information content (AvgIpc) is 2.39. The number of nitrogens with one attached hydrogen (secondary N) is 1. The highest BCUT2D eigenvalue weighted by molar-refractivity contribution is 5.83. The Morgan fingerprint density at radius 2 is 1.72 bits per heavy atom. The quantitative estimate of drug-likeness (QED) is 0.870. The van der Waals surface area contributed by atoms with Crippen molar-refractivity contribution in [2.24, 2.45) is 0 Å². The van der Waals surface area contributed by atoms with E-state index >= 15 is 0 Å². The second-order valence-corrected chi connectivity index (χ2v) is 5.31. The summed E-state index contributed by atoms with van der Waals surface area (Å²) in [6.07, 6.45) is 2.14. The molecule has 0 spiro atoms. The lowest BCUT2D eigenvalue weighted by atomic mass is 9.94. The standard InChI is InChI=1S/C16H19NO/c1-16(8-10-17-11-9-16)18-15-7-6-13-4-2-3-5-14(13)12-15/h2-7,12,17H,8-11H2,1H3. The lowest BCUT2D eigenvalue weighted by molar-refractivity contribution is 0.0557. The van der Waals surface area contributed by atoms with Gasteiger partial charge in [0, 0.05) is 0 Å². The molecule has 0 saturated carbocycles. The molecule has 0 unspecified atom stereocenters. The molecule has 0 aromatic heterocycles. The first-order chi connectivity index (χ1) is 8.75. The van der Waals surface area contributed by atoms with E-state index in [4.69, 9.17) is 4.74 Å². The summed E-state index contributed by atoms with van der Waals surface area (Å²) in [6, 6.07) is 14.8. The molecule has 1 N–H and O–H groups in total. The highest BCUT2D eigenvalue weighted by Gasteiger charge is 2.28. The molecule has 0 radical (unpaired) electrons. The number of hydrogen-bond donors (Lipinski definition) is 1. The van der Waals surface area contributed by atoms with E-state index in [2.05, 4.69) is 54.7 Å². The number of ether oxygens (including phenoxy) is 1. The molecule has 2 aromatic carbocycles. The molecule has 0 amide bonds. The van der Waals surface area contributed by atoms with Crippen molar-refractivity contribution in [1.29, 1.82) is 0 Å². The van der Waals surface area contributed by atoms with E-state index in [-0.39, 0.29) is 5.60 Å². The summed E-state index contributed by atoms with van der Waals surface area (Å²) in [4.78, 5) is 0. The number of hydrogen-bond acceptors (Lipinski definition) is 2. The first-order valence-corrected chi connectivity index (χ1v) is 6.64. The van der Waals surface area contributed by atoms with Crippen molar-refractivity contribution in [2.75, 3.05) is 13.1 Å². The summed E-state index contributed by atoms with van der Waals surface area (Å²) >= 11 is 0. The van der Waals surface area contributed by atoms with Crippen LogP contribution in [0.15, 0.2) is 42.5 Å². The van der Waals surface area contributed by atoms with Crippen LogP contribution in [-0.4, -0.2) is 18.7 Å². The summed E-state index contributed by atoms with van der Waals surface area (Å²) in [5, 5.41) is 5.88. The fourth-order valence-electron chi connectivity index (χ4n) is 2.57. The third-order valence-corrected chi connectivity index (χ3v) is 3.75. The monoisotopic (exact) mass is 241 g/mol. The van der Waals surface area contributed by atoms with Gasteiger partial charge in [0.05, 0.1) is 0 Å². The van der Waals surface area contributed by atoms with Gasteiger partial charge in [0.1, 0.15) is 11.4 Å². The highest BCUT2D eigenvalue weighted by Crippen LogP contribution is 2.28. The molecule has 0 atom stereocenters. The fourth-order valence-corrected chi connectivity index (χ4v) is 2.57. The second-order valence-electron chi connectivity index (χ2n) is 5.31. The van der Waals surface area contributed by atoms with E-state index < -0.39 is 0 Å². The van der Waals surface area contributed by atoms with Gasteiger partial charge in [0.15, 0.2) is 0 Å². The van der Waals surface area contributed by atoms with Crippen molar-refractivity contribution in [3.63, 3.8) is 0 Å². The van der Waals surface area contributed by atoms with Crippen LogP contribution in [0.4, 0.5) is 0 Å². The van der Waals surface area contributed by atoms with Gasteiger partial charge in [-0.3, -0.25) is 0 Å². The van der Waals surface area contributed by atoms with E-state index in [0.717, 1.165) is 31.7 Å². The van der Waals surface area contributed by atoms with Gasteiger partial charge in [0.2, 0.25) is 0 Å². The largest absolute Gasteiger partial charge is 0.487 e. The molecule has 1 saturated heterocycles. The topological polar surface area (TPSA) is 21.3 Å². The Hall–Kier alpha value is -1.54. The normalized spacial score (nSPS) is 18.7. The Morgan fingerprint density at radius 3 is 2.50 bits per heavy atom. The molecule has 1 fully saturated rings. The summed E-state index contributed by atoms with van der Waals surface area (Å²) in [7, 11) is 0. The van der Waals surface area contributed by atoms with Gasteiger partial charge in [-0.15, -0.1) is 0 Å². The van der Waals surface area contributed by atoms with Crippen molar-refractivity contribution in [1.82, 2.24) is 5.32 Å². The molecule has 1 aliphatic heterocycles. The molecule has 0 aliphatic carbocycles. The van der Waals surface area contributed by atoms with Crippen LogP contribution in [0.25, 0.3) is 10.8 Å². The molecule has 2 nitrogen and oxygen atoms in total. The second kappa shape index (κ2) is 4.62. The first-order valence-electron chi connectivity index (χ1n) is 6.64. The summed E-state index contributed by atoms with van der Waals surface area (Å²) < 4.78 is 6.21. The average molecular weight is 241 g/mol. The zero-order valence-electron chi connectivity index (χ0n) is 10.8. The molecule has 2 aromatic rings. The van der Waals surface area contributed by atoms with Crippen molar-refractivity contribution < 1.29 is 4.74 Å². The van der Waals surface area contributed by atoms with Gasteiger partial charge < -0.3 is 10.1 Å². The minimum atomic E-state index is -0.0201. The number of piperidine rings is 1. The van der Waals surface area contributed by atoms with E-state index in [1.807, 2.05) is 0 Å². The number of fused-ring (bicyclic) bond motifs is 1. The lowest BCUT2D eigenvalue weighted by Gasteiger charge is -2.34. The number of benzene rings is 2. The third-order valence-electron chi connectivity index (χ3n) is 3.75. The van der Waals surface area contributed by atoms with Crippen LogP contribution < -0.4 is 10.1 Å². The molecule has 1 aliphatic rings. The van der Waals surface area contributed by atoms with Crippen LogP contribution in [-0.2, 0) is 0 Å². The van der Waals surface area contributed by atoms with Gasteiger partial charge in [-0.2, -0.15) is 0 Å². The molecular formula is C16H19NO. The van der Waals surface area contributed by atoms with Gasteiger partial charge in [-0.25, -0.2) is 0 Å². The van der Waals surface area contributed by atoms with Crippen LogP contribution in [0.3, 0.4) is 0 Å². The molecule has 3 rings (SSSR count). The molecular weight excluding hydrogens is 222 g/mol. The lowest BCUT2D eigenvalue weighted by Crippen LogP contribution is -2.43. The van der Waals surface area contributed by atoms with Crippen molar-refractivity contribution >= 4 is 10.8 Å². The van der Waals surface area contributed by atoms with Crippen molar-refractivity contribution in [3.05, 3.63) is 42.5 Å². The summed E-state index contributed by atoms with van der Waals surface area (Å²) in [5.41, 5.74) is -0.0201. The molecule has 0 bridgehead atoms. The SMILES string of the molecule is CC1(Oc2ccc3ccccc3c2)CCNCC1. The minimum Gasteiger partial charge on any atom is -0.487 e. The smallest absolute Gasteiger partial charge is 0.120 e. The Kier molecular flexibility index (Phi) is 2.96. The van der Waals surface area contributed by atoms with Gasteiger partial charge in [-0.1, -0.05) is 30.3 Å². The molecule has 94 valence electrons. The minimum absolute atomic E-state index is 0.0201. The highest BCUT2D eigenvalue weighted by atomic mass is 16.5. The van der Waals surface area contributed by atoms with E-state index in [1.54, 1.807) is 0 Å². The van der Waals surface area contributed by atoms with Crippen LogP contribution in [0.5, 0.6) is 5.75 Å². The summed E-state index contributed by atoms with van der Waals surface area (Å²) in [5.74, 6) is 0.984. The fraction of sp³-hybridized carbons (Fsp3) is 0.375. The summed E-state index contributed by atoms with van der Waals surface area (Å²) in [6.45, 7) is 4.30. The Bertz CT molecular complexity index is 544.